The van der Waals surface area contributed by atoms with Crippen molar-refractivity contribution in [2.24, 2.45) is 0 Å². The second-order valence-electron chi connectivity index (χ2n) is 7.67. The summed E-state index contributed by atoms with van der Waals surface area (Å²) in [5.41, 5.74) is 1.31. The van der Waals surface area contributed by atoms with Crippen LogP contribution in [0.15, 0.2) is 24.3 Å². The quantitative estimate of drug-likeness (QED) is 0.922. The lowest BCUT2D eigenvalue weighted by atomic mass is 9.86. The third-order valence-electron chi connectivity index (χ3n) is 3.24. The molecule has 128 valence electrons. The molecule has 0 aliphatic carbocycles. The van der Waals surface area contributed by atoms with Crippen LogP contribution in [0.4, 0.5) is 4.79 Å². The molecule has 0 spiro atoms. The predicted molar refractivity (Wildman–Crippen MR) is 87.0 cm³/mol. The van der Waals surface area contributed by atoms with Crippen molar-refractivity contribution in [2.45, 2.75) is 65.0 Å². The van der Waals surface area contributed by atoms with E-state index in [1.54, 1.807) is 20.8 Å². The van der Waals surface area contributed by atoms with Crippen LogP contribution in [0.1, 0.15) is 52.7 Å². The van der Waals surface area contributed by atoms with Crippen molar-refractivity contribution >= 4 is 12.1 Å². The average molecular weight is 320 g/mol. The van der Waals surface area contributed by atoms with E-state index < -0.39 is 23.7 Å². The lowest BCUT2D eigenvalue weighted by molar-refractivity contribution is -0.308. The minimum atomic E-state index is -1.34. The van der Waals surface area contributed by atoms with E-state index in [0.717, 1.165) is 11.1 Å². The molecule has 5 nitrogen and oxygen atoms in total. The molecule has 5 heteroatoms. The lowest BCUT2D eigenvalue weighted by Gasteiger charge is -2.24. The highest BCUT2D eigenvalue weighted by molar-refractivity contribution is 5.79. The fourth-order valence-electron chi connectivity index (χ4n) is 2.02. The van der Waals surface area contributed by atoms with Crippen LogP contribution >= 0.6 is 0 Å². The molecular weight excluding hydrogens is 294 g/mol. The van der Waals surface area contributed by atoms with Crippen molar-refractivity contribution in [3.05, 3.63) is 35.4 Å². The second kappa shape index (κ2) is 7.02. The number of alkyl carbamates (subject to hydrolysis) is 1. The number of aliphatic carboxylic acids is 1. The van der Waals surface area contributed by atoms with E-state index in [1.165, 1.54) is 0 Å². The zero-order valence-corrected chi connectivity index (χ0v) is 14.7. The standard InChI is InChI=1S/C18H27NO4/c1-17(2,3)13-9-7-12(8-10-13)11-14(15(20)21)19-16(22)23-18(4,5)6/h7-10,14H,11H2,1-6H3,(H,19,22)(H,20,21)/p-1/t14-/m0/s1. The molecule has 23 heavy (non-hydrogen) atoms. The number of nitrogens with one attached hydrogen (secondary N) is 1. The molecule has 1 atom stereocenters. The summed E-state index contributed by atoms with van der Waals surface area (Å²) in [7, 11) is 0. The van der Waals surface area contributed by atoms with Gasteiger partial charge in [-0.15, -0.1) is 0 Å². The van der Waals surface area contributed by atoms with Gasteiger partial charge in [-0.3, -0.25) is 0 Å². The fourth-order valence-corrected chi connectivity index (χ4v) is 2.02. The maximum absolute atomic E-state index is 11.7. The first-order chi connectivity index (χ1) is 10.4. The first-order valence-corrected chi connectivity index (χ1v) is 7.68. The van der Waals surface area contributed by atoms with E-state index in [0.29, 0.717) is 0 Å². The molecule has 0 aliphatic rings. The van der Waals surface area contributed by atoms with E-state index in [1.807, 2.05) is 24.3 Å². The van der Waals surface area contributed by atoms with Crippen LogP contribution in [0.25, 0.3) is 0 Å². The van der Waals surface area contributed by atoms with Gasteiger partial charge in [-0.1, -0.05) is 45.0 Å². The molecule has 1 amide bonds. The number of hydrogen-bond donors (Lipinski definition) is 1. The number of rotatable bonds is 4. The normalized spacial score (nSPS) is 13.3. The Morgan fingerprint density at radius 3 is 2.00 bits per heavy atom. The molecule has 0 unspecified atom stereocenters. The highest BCUT2D eigenvalue weighted by Gasteiger charge is 2.21. The molecule has 0 heterocycles. The SMILES string of the molecule is CC(C)(C)OC(=O)N[C@@H](Cc1ccc(C(C)(C)C)cc1)C(=O)[O-]. The van der Waals surface area contributed by atoms with E-state index in [2.05, 4.69) is 26.1 Å². The Kier molecular flexibility index (Phi) is 5.81. The van der Waals surface area contributed by atoms with Gasteiger partial charge in [0, 0.05) is 0 Å². The summed E-state index contributed by atoms with van der Waals surface area (Å²) in [5.74, 6) is -1.34. The molecule has 0 fully saturated rings. The summed E-state index contributed by atoms with van der Waals surface area (Å²) in [5, 5.41) is 13.6. The smallest absolute Gasteiger partial charge is 0.408 e. The molecule has 0 aliphatic heterocycles. The van der Waals surface area contributed by atoms with Gasteiger partial charge in [-0.2, -0.15) is 0 Å². The van der Waals surface area contributed by atoms with Crippen molar-refractivity contribution in [3.63, 3.8) is 0 Å². The van der Waals surface area contributed by atoms with E-state index in [9.17, 15) is 14.7 Å². The molecule has 0 saturated carbocycles. The fraction of sp³-hybridized carbons (Fsp3) is 0.556. The van der Waals surface area contributed by atoms with Crippen molar-refractivity contribution < 1.29 is 19.4 Å². The van der Waals surface area contributed by atoms with Crippen LogP contribution in [0.3, 0.4) is 0 Å². The zero-order valence-electron chi connectivity index (χ0n) is 14.7. The van der Waals surface area contributed by atoms with Crippen molar-refractivity contribution in [3.8, 4) is 0 Å². The first kappa shape index (κ1) is 19.0. The minimum Gasteiger partial charge on any atom is -0.548 e. The third-order valence-corrected chi connectivity index (χ3v) is 3.24. The molecule has 0 bridgehead atoms. The molecule has 0 saturated heterocycles. The Hall–Kier alpha value is -2.04. The van der Waals surface area contributed by atoms with Crippen LogP contribution in [-0.2, 0) is 21.4 Å². The molecule has 0 radical (unpaired) electrons. The van der Waals surface area contributed by atoms with Gasteiger partial charge in [0.1, 0.15) is 5.60 Å². The number of benzene rings is 1. The molecule has 1 aromatic rings. The van der Waals surface area contributed by atoms with Gasteiger partial charge in [0.2, 0.25) is 0 Å². The summed E-state index contributed by atoms with van der Waals surface area (Å²) >= 11 is 0. The molecule has 1 N–H and O–H groups in total. The van der Waals surface area contributed by atoms with E-state index in [4.69, 9.17) is 4.74 Å². The van der Waals surface area contributed by atoms with Crippen LogP contribution in [0.2, 0.25) is 0 Å². The molecule has 1 rings (SSSR count). The number of carboxylic acid groups (broad SMARTS) is 1. The van der Waals surface area contributed by atoms with Gasteiger partial charge < -0.3 is 20.0 Å². The number of hydrogen-bond acceptors (Lipinski definition) is 4. The Bertz CT molecular complexity index is 550. The van der Waals surface area contributed by atoms with Crippen molar-refractivity contribution in [1.82, 2.24) is 5.32 Å². The summed E-state index contributed by atoms with van der Waals surface area (Å²) in [6.45, 7) is 11.5. The molecule has 0 aromatic heterocycles. The van der Waals surface area contributed by atoms with Crippen LogP contribution < -0.4 is 10.4 Å². The summed E-state index contributed by atoms with van der Waals surface area (Å²) in [6.07, 6.45) is -0.621. The Balaban J connectivity index is 2.77. The Morgan fingerprint density at radius 1 is 1.09 bits per heavy atom. The Morgan fingerprint density at radius 2 is 1.61 bits per heavy atom. The van der Waals surface area contributed by atoms with Gasteiger partial charge in [0.25, 0.3) is 0 Å². The van der Waals surface area contributed by atoms with Gasteiger partial charge >= 0.3 is 6.09 Å². The van der Waals surface area contributed by atoms with Gasteiger partial charge in [-0.05, 0) is 43.7 Å². The van der Waals surface area contributed by atoms with E-state index >= 15 is 0 Å². The van der Waals surface area contributed by atoms with E-state index in [-0.39, 0.29) is 11.8 Å². The molecule has 1 aromatic carbocycles. The number of carbonyl (C=O) groups is 2. The molecular formula is C18H26NO4-. The van der Waals surface area contributed by atoms with Crippen molar-refractivity contribution in [2.75, 3.05) is 0 Å². The number of carboxylic acids is 1. The van der Waals surface area contributed by atoms with Crippen LogP contribution in [-0.4, -0.2) is 23.7 Å². The predicted octanol–water partition coefficient (Wildman–Crippen LogP) is 2.17. The van der Waals surface area contributed by atoms with Gasteiger partial charge in [0.15, 0.2) is 0 Å². The summed E-state index contributed by atoms with van der Waals surface area (Å²) in [6, 6.07) is 6.54. The first-order valence-electron chi connectivity index (χ1n) is 7.68. The second-order valence-corrected chi connectivity index (χ2v) is 7.67. The third kappa shape index (κ3) is 6.72. The maximum Gasteiger partial charge on any atom is 0.408 e. The Labute approximate surface area is 138 Å². The minimum absolute atomic E-state index is 0.0288. The van der Waals surface area contributed by atoms with Crippen LogP contribution in [0, 0.1) is 0 Å². The summed E-state index contributed by atoms with van der Waals surface area (Å²) in [4.78, 5) is 23.0. The number of carbonyl (C=O) groups excluding carboxylic acids is 2. The number of ether oxygens (including phenoxy) is 1. The maximum atomic E-state index is 11.7. The van der Waals surface area contributed by atoms with Gasteiger partial charge in [0.05, 0.1) is 12.0 Å². The zero-order chi connectivity index (χ0) is 17.8. The largest absolute Gasteiger partial charge is 0.548 e. The highest BCUT2D eigenvalue weighted by atomic mass is 16.6. The monoisotopic (exact) mass is 320 g/mol. The van der Waals surface area contributed by atoms with Gasteiger partial charge in [-0.25, -0.2) is 4.79 Å². The average Bonchev–Trinajstić information content (AvgIpc) is 2.35. The topological polar surface area (TPSA) is 78.5 Å². The van der Waals surface area contributed by atoms with Crippen molar-refractivity contribution in [1.29, 1.82) is 0 Å². The number of amides is 1. The lowest BCUT2D eigenvalue weighted by Crippen LogP contribution is -2.50. The summed E-state index contributed by atoms with van der Waals surface area (Å²) < 4.78 is 5.08. The van der Waals surface area contributed by atoms with Crippen LogP contribution in [0.5, 0.6) is 0 Å². The highest BCUT2D eigenvalue weighted by Crippen LogP contribution is 2.22.